The molecule has 0 radical (unpaired) electrons. The monoisotopic (exact) mass is 317 g/mol. The molecule has 2 aliphatic heterocycles. The van der Waals surface area contributed by atoms with Crippen LogP contribution in [0.1, 0.15) is 30.7 Å². The van der Waals surface area contributed by atoms with Gasteiger partial charge in [-0.1, -0.05) is 6.07 Å². The molecule has 2 aliphatic rings. The van der Waals surface area contributed by atoms with Crippen LogP contribution in [-0.2, 0) is 9.53 Å². The van der Waals surface area contributed by atoms with Crippen molar-refractivity contribution in [2.75, 3.05) is 7.11 Å². The first-order chi connectivity index (χ1) is 9.60. The lowest BCUT2D eigenvalue weighted by atomic mass is 9.77. The Bertz CT molecular complexity index is 540. The van der Waals surface area contributed by atoms with Crippen LogP contribution in [-0.4, -0.2) is 25.2 Å². The van der Waals surface area contributed by atoms with Crippen LogP contribution in [0.3, 0.4) is 0 Å². The van der Waals surface area contributed by atoms with Crippen LogP contribution in [0.2, 0.25) is 0 Å². The van der Waals surface area contributed by atoms with Gasteiger partial charge in [0.25, 0.3) is 0 Å². The van der Waals surface area contributed by atoms with Gasteiger partial charge in [0.15, 0.2) is 11.6 Å². The minimum Gasteiger partial charge on any atom is -0.469 e. The van der Waals surface area contributed by atoms with Crippen LogP contribution in [0, 0.1) is 17.6 Å². The van der Waals surface area contributed by atoms with Gasteiger partial charge in [-0.15, -0.1) is 12.4 Å². The highest BCUT2D eigenvalue weighted by Gasteiger charge is 2.46. The number of carbonyl (C=O) groups excluding carboxylic acids is 1. The molecule has 0 saturated carbocycles. The van der Waals surface area contributed by atoms with Gasteiger partial charge in [0.2, 0.25) is 0 Å². The van der Waals surface area contributed by atoms with Crippen molar-refractivity contribution < 1.29 is 18.3 Å². The molecule has 0 aromatic heterocycles. The molecule has 3 nitrogen and oxygen atoms in total. The maximum Gasteiger partial charge on any atom is 0.310 e. The van der Waals surface area contributed by atoms with E-state index in [4.69, 9.17) is 4.74 Å². The van der Waals surface area contributed by atoms with E-state index in [9.17, 15) is 13.6 Å². The number of carbonyl (C=O) groups is 1. The number of fused-ring (bicyclic) bond motifs is 2. The number of rotatable bonds is 2. The van der Waals surface area contributed by atoms with Crippen LogP contribution in [0.4, 0.5) is 8.78 Å². The molecule has 21 heavy (non-hydrogen) atoms. The zero-order valence-corrected chi connectivity index (χ0v) is 12.5. The van der Waals surface area contributed by atoms with Crippen molar-refractivity contribution in [1.29, 1.82) is 0 Å². The summed E-state index contributed by atoms with van der Waals surface area (Å²) in [6.07, 6.45) is 2.68. The quantitative estimate of drug-likeness (QED) is 0.852. The van der Waals surface area contributed by atoms with E-state index in [2.05, 4.69) is 5.32 Å². The van der Waals surface area contributed by atoms with Gasteiger partial charge < -0.3 is 10.1 Å². The molecule has 2 saturated heterocycles. The molecule has 1 N–H and O–H groups in total. The minimum atomic E-state index is -0.864. The van der Waals surface area contributed by atoms with Gasteiger partial charge in [0.1, 0.15) is 0 Å². The van der Waals surface area contributed by atoms with Gasteiger partial charge >= 0.3 is 5.97 Å². The van der Waals surface area contributed by atoms with Crippen molar-refractivity contribution >= 4 is 18.4 Å². The number of halogens is 3. The first kappa shape index (κ1) is 16.2. The molecule has 2 bridgehead atoms. The zero-order chi connectivity index (χ0) is 14.3. The third-order valence-corrected chi connectivity index (χ3v) is 4.53. The van der Waals surface area contributed by atoms with Crippen LogP contribution >= 0.6 is 12.4 Å². The molecule has 0 unspecified atom stereocenters. The molecule has 0 aliphatic carbocycles. The predicted octanol–water partition coefficient (Wildman–Crippen LogP) is 2.78. The average molecular weight is 318 g/mol. The predicted molar refractivity (Wildman–Crippen MR) is 76.4 cm³/mol. The van der Waals surface area contributed by atoms with Gasteiger partial charge in [0, 0.05) is 18.0 Å². The van der Waals surface area contributed by atoms with E-state index in [1.165, 1.54) is 13.2 Å². The maximum absolute atomic E-state index is 13.4. The van der Waals surface area contributed by atoms with Gasteiger partial charge in [-0.05, 0) is 37.0 Å². The second kappa shape index (κ2) is 6.28. The summed E-state index contributed by atoms with van der Waals surface area (Å²) < 4.78 is 31.4. The van der Waals surface area contributed by atoms with Crippen molar-refractivity contribution in [2.45, 2.75) is 37.3 Å². The van der Waals surface area contributed by atoms with Gasteiger partial charge in [-0.3, -0.25) is 4.79 Å². The topological polar surface area (TPSA) is 38.3 Å². The lowest BCUT2D eigenvalue weighted by Gasteiger charge is -2.36. The van der Waals surface area contributed by atoms with Crippen LogP contribution in [0.15, 0.2) is 18.2 Å². The highest BCUT2D eigenvalue weighted by molar-refractivity contribution is 5.85. The van der Waals surface area contributed by atoms with E-state index >= 15 is 0 Å². The molecule has 0 amide bonds. The SMILES string of the molecule is COC(=O)[C@H]1[C@@H](c2ccc(F)c(F)c2)C[C@@H]2CC[C@H]1N2.Cl. The number of hydrogen-bond donors (Lipinski definition) is 1. The van der Waals surface area contributed by atoms with E-state index in [0.717, 1.165) is 25.3 Å². The van der Waals surface area contributed by atoms with Crippen LogP contribution < -0.4 is 5.32 Å². The number of ether oxygens (including phenoxy) is 1. The van der Waals surface area contributed by atoms with Crippen molar-refractivity contribution in [3.8, 4) is 0 Å². The molecular weight excluding hydrogens is 300 g/mol. The molecule has 4 atom stereocenters. The lowest BCUT2D eigenvalue weighted by Crippen LogP contribution is -2.48. The molecule has 2 fully saturated rings. The third kappa shape index (κ3) is 2.90. The van der Waals surface area contributed by atoms with Crippen molar-refractivity contribution in [3.05, 3.63) is 35.4 Å². The number of hydrogen-bond acceptors (Lipinski definition) is 3. The number of benzene rings is 1. The molecule has 0 spiro atoms. The van der Waals surface area contributed by atoms with Crippen molar-refractivity contribution in [2.24, 2.45) is 5.92 Å². The second-order valence-corrected chi connectivity index (χ2v) is 5.61. The Morgan fingerprint density at radius 3 is 2.71 bits per heavy atom. The summed E-state index contributed by atoms with van der Waals surface area (Å²) in [4.78, 5) is 12.1. The minimum absolute atomic E-state index is 0. The standard InChI is InChI=1S/C15H17F2NO2.ClH/c1-20-15(19)14-10(7-9-3-5-13(14)18-9)8-2-4-11(16)12(17)6-8;/h2,4,6,9-10,13-14,18H,3,5,7H2,1H3;1H/t9-,10+,13+,14-;/m0./s1. The van der Waals surface area contributed by atoms with E-state index in [0.29, 0.717) is 11.6 Å². The summed E-state index contributed by atoms with van der Waals surface area (Å²) in [6.45, 7) is 0. The Balaban J connectivity index is 0.00000161. The normalized spacial score (nSPS) is 30.6. The van der Waals surface area contributed by atoms with E-state index in [1.807, 2.05) is 0 Å². The largest absolute Gasteiger partial charge is 0.469 e. The summed E-state index contributed by atoms with van der Waals surface area (Å²) in [5, 5.41) is 3.41. The number of nitrogens with one attached hydrogen (secondary N) is 1. The van der Waals surface area contributed by atoms with Gasteiger partial charge in [-0.25, -0.2) is 8.78 Å². The zero-order valence-electron chi connectivity index (χ0n) is 11.6. The number of methoxy groups -OCH3 is 1. The summed E-state index contributed by atoms with van der Waals surface area (Å²) in [5.41, 5.74) is 0.678. The fourth-order valence-electron chi connectivity index (χ4n) is 3.60. The fraction of sp³-hybridized carbons (Fsp3) is 0.533. The lowest BCUT2D eigenvalue weighted by molar-refractivity contribution is -0.148. The van der Waals surface area contributed by atoms with Gasteiger partial charge in [-0.2, -0.15) is 0 Å². The molecule has 1 aromatic carbocycles. The fourth-order valence-corrected chi connectivity index (χ4v) is 3.60. The molecule has 3 rings (SSSR count). The summed E-state index contributed by atoms with van der Waals surface area (Å²) in [5.74, 6) is -2.45. The van der Waals surface area contributed by atoms with Crippen molar-refractivity contribution in [1.82, 2.24) is 5.32 Å². The Hall–Kier alpha value is -1.20. The van der Waals surface area contributed by atoms with Gasteiger partial charge in [0.05, 0.1) is 13.0 Å². The molecule has 6 heteroatoms. The Kier molecular flexibility index (Phi) is 4.84. The highest BCUT2D eigenvalue weighted by Crippen LogP contribution is 2.42. The first-order valence-electron chi connectivity index (χ1n) is 6.89. The number of esters is 1. The summed E-state index contributed by atoms with van der Waals surface area (Å²) >= 11 is 0. The highest BCUT2D eigenvalue weighted by atomic mass is 35.5. The van der Waals surface area contributed by atoms with Crippen LogP contribution in [0.5, 0.6) is 0 Å². The molecule has 116 valence electrons. The van der Waals surface area contributed by atoms with E-state index in [1.54, 1.807) is 6.07 Å². The van der Waals surface area contributed by atoms with Crippen LogP contribution in [0.25, 0.3) is 0 Å². The maximum atomic E-state index is 13.4. The smallest absolute Gasteiger partial charge is 0.310 e. The second-order valence-electron chi connectivity index (χ2n) is 5.61. The Morgan fingerprint density at radius 2 is 2.05 bits per heavy atom. The Morgan fingerprint density at radius 1 is 1.29 bits per heavy atom. The summed E-state index contributed by atoms with van der Waals surface area (Å²) in [6, 6.07) is 4.33. The third-order valence-electron chi connectivity index (χ3n) is 4.53. The number of piperidine rings is 1. The average Bonchev–Trinajstić information content (AvgIpc) is 2.82. The van der Waals surface area contributed by atoms with E-state index < -0.39 is 11.6 Å². The van der Waals surface area contributed by atoms with E-state index in [-0.39, 0.29) is 36.3 Å². The molecule has 1 aromatic rings. The molecule has 2 heterocycles. The Labute approximate surface area is 128 Å². The molecular formula is C15H18ClF2NO2. The summed E-state index contributed by atoms with van der Waals surface area (Å²) in [7, 11) is 1.37. The van der Waals surface area contributed by atoms with Crippen molar-refractivity contribution in [3.63, 3.8) is 0 Å². The first-order valence-corrected chi connectivity index (χ1v) is 6.89.